The predicted octanol–water partition coefficient (Wildman–Crippen LogP) is 0.994. The van der Waals surface area contributed by atoms with Gasteiger partial charge in [0, 0.05) is 24.0 Å². The smallest absolute Gasteiger partial charge is 0.236 e. The number of amides is 1. The Morgan fingerprint density at radius 2 is 2.06 bits per heavy atom. The van der Waals surface area contributed by atoms with Gasteiger partial charge in [-0.1, -0.05) is 13.8 Å². The van der Waals surface area contributed by atoms with E-state index < -0.39 is 0 Å². The summed E-state index contributed by atoms with van der Waals surface area (Å²) < 4.78 is 0. The summed E-state index contributed by atoms with van der Waals surface area (Å²) in [4.78, 5) is 13.9. The van der Waals surface area contributed by atoms with Gasteiger partial charge in [-0.2, -0.15) is 0 Å². The zero-order valence-electron chi connectivity index (χ0n) is 11.7. The summed E-state index contributed by atoms with van der Waals surface area (Å²) in [5.41, 5.74) is -0.240. The SMILES string of the molecule is CC(C)(C)NCC(=O)N1CCC(O)C(C)(C)C1. The van der Waals surface area contributed by atoms with Crippen molar-refractivity contribution in [3.05, 3.63) is 0 Å². The topological polar surface area (TPSA) is 52.6 Å². The van der Waals surface area contributed by atoms with Gasteiger partial charge in [-0.25, -0.2) is 0 Å². The van der Waals surface area contributed by atoms with E-state index >= 15 is 0 Å². The van der Waals surface area contributed by atoms with Crippen LogP contribution >= 0.6 is 0 Å². The average Bonchev–Trinajstić information content (AvgIpc) is 2.17. The highest BCUT2D eigenvalue weighted by Gasteiger charge is 2.36. The maximum atomic E-state index is 12.0. The third-order valence-corrected chi connectivity index (χ3v) is 3.30. The molecule has 1 rings (SSSR count). The summed E-state index contributed by atoms with van der Waals surface area (Å²) in [6.07, 6.45) is 0.371. The zero-order chi connectivity index (χ0) is 13.3. The van der Waals surface area contributed by atoms with Crippen LogP contribution in [0.3, 0.4) is 0 Å². The minimum atomic E-state index is -0.304. The van der Waals surface area contributed by atoms with Gasteiger partial charge in [-0.15, -0.1) is 0 Å². The molecule has 2 N–H and O–H groups in total. The fraction of sp³-hybridized carbons (Fsp3) is 0.923. The molecule has 1 saturated heterocycles. The molecule has 17 heavy (non-hydrogen) atoms. The molecule has 1 unspecified atom stereocenters. The number of hydrogen-bond acceptors (Lipinski definition) is 3. The molecule has 1 heterocycles. The van der Waals surface area contributed by atoms with Crippen molar-refractivity contribution in [3.63, 3.8) is 0 Å². The van der Waals surface area contributed by atoms with Crippen LogP contribution in [-0.4, -0.2) is 47.2 Å². The second-order valence-corrected chi connectivity index (χ2v) is 6.71. The fourth-order valence-electron chi connectivity index (χ4n) is 2.01. The summed E-state index contributed by atoms with van der Waals surface area (Å²) >= 11 is 0. The van der Waals surface area contributed by atoms with E-state index in [0.717, 1.165) is 0 Å². The van der Waals surface area contributed by atoms with E-state index in [1.807, 2.05) is 39.5 Å². The quantitative estimate of drug-likeness (QED) is 0.759. The Hall–Kier alpha value is -0.610. The average molecular weight is 242 g/mol. The molecule has 4 nitrogen and oxygen atoms in total. The summed E-state index contributed by atoms with van der Waals surface area (Å²) in [5.74, 6) is 0.125. The maximum absolute atomic E-state index is 12.0. The lowest BCUT2D eigenvalue weighted by Crippen LogP contribution is -2.53. The molecule has 0 radical (unpaired) electrons. The van der Waals surface area contributed by atoms with Crippen LogP contribution < -0.4 is 5.32 Å². The van der Waals surface area contributed by atoms with E-state index in [4.69, 9.17) is 0 Å². The Labute approximate surface area is 104 Å². The Kier molecular flexibility index (Phi) is 4.20. The van der Waals surface area contributed by atoms with Gasteiger partial charge in [0.05, 0.1) is 12.6 Å². The molecule has 1 aliphatic rings. The van der Waals surface area contributed by atoms with Crippen molar-refractivity contribution in [2.24, 2.45) is 5.41 Å². The highest BCUT2D eigenvalue weighted by molar-refractivity contribution is 5.78. The summed E-state index contributed by atoms with van der Waals surface area (Å²) in [6, 6.07) is 0. The van der Waals surface area contributed by atoms with Crippen LogP contribution in [0.4, 0.5) is 0 Å². The van der Waals surface area contributed by atoms with E-state index in [1.54, 1.807) is 0 Å². The number of rotatable bonds is 2. The van der Waals surface area contributed by atoms with Gasteiger partial charge in [0.15, 0.2) is 0 Å². The van der Waals surface area contributed by atoms with E-state index in [-0.39, 0.29) is 23.0 Å². The van der Waals surface area contributed by atoms with Gasteiger partial charge in [0.25, 0.3) is 0 Å². The van der Waals surface area contributed by atoms with Crippen molar-refractivity contribution >= 4 is 5.91 Å². The number of aliphatic hydroxyl groups is 1. The van der Waals surface area contributed by atoms with Crippen LogP contribution in [0.1, 0.15) is 41.0 Å². The Morgan fingerprint density at radius 3 is 2.53 bits per heavy atom. The number of aliphatic hydroxyl groups excluding tert-OH is 1. The molecule has 0 aromatic rings. The van der Waals surface area contributed by atoms with Crippen molar-refractivity contribution in [2.75, 3.05) is 19.6 Å². The van der Waals surface area contributed by atoms with Gasteiger partial charge in [-0.3, -0.25) is 4.79 Å². The molecular weight excluding hydrogens is 216 g/mol. The third kappa shape index (κ3) is 4.28. The molecule has 0 spiro atoms. The first-order valence-electron chi connectivity index (χ1n) is 6.33. The fourth-order valence-corrected chi connectivity index (χ4v) is 2.01. The Balaban J connectivity index is 2.49. The molecule has 1 atom stereocenters. The van der Waals surface area contributed by atoms with Crippen LogP contribution in [0.2, 0.25) is 0 Å². The van der Waals surface area contributed by atoms with Crippen LogP contribution in [0.15, 0.2) is 0 Å². The number of carbonyl (C=O) groups excluding carboxylic acids is 1. The molecule has 0 aromatic heterocycles. The van der Waals surface area contributed by atoms with Crippen LogP contribution in [-0.2, 0) is 4.79 Å². The standard InChI is InChI=1S/C13H26N2O2/c1-12(2,3)14-8-11(17)15-7-6-10(16)13(4,5)9-15/h10,14,16H,6-9H2,1-5H3. The number of hydrogen-bond donors (Lipinski definition) is 2. The molecule has 100 valence electrons. The van der Waals surface area contributed by atoms with Crippen molar-refractivity contribution in [1.29, 1.82) is 0 Å². The highest BCUT2D eigenvalue weighted by Crippen LogP contribution is 2.28. The van der Waals surface area contributed by atoms with Gasteiger partial charge in [0.1, 0.15) is 0 Å². The highest BCUT2D eigenvalue weighted by atomic mass is 16.3. The van der Waals surface area contributed by atoms with Crippen LogP contribution in [0.5, 0.6) is 0 Å². The molecule has 0 saturated carbocycles. The molecule has 1 aliphatic heterocycles. The summed E-state index contributed by atoms with van der Waals surface area (Å²) in [7, 11) is 0. The normalized spacial score (nSPS) is 24.8. The first kappa shape index (κ1) is 14.5. The lowest BCUT2D eigenvalue weighted by molar-refractivity contribution is -0.137. The molecular formula is C13H26N2O2. The summed E-state index contributed by atoms with van der Waals surface area (Å²) in [5, 5.41) is 13.0. The van der Waals surface area contributed by atoms with E-state index in [9.17, 15) is 9.90 Å². The lowest BCUT2D eigenvalue weighted by Gasteiger charge is -2.42. The van der Waals surface area contributed by atoms with Crippen molar-refractivity contribution in [1.82, 2.24) is 10.2 Å². The number of nitrogens with zero attached hydrogens (tertiary/aromatic N) is 1. The minimum Gasteiger partial charge on any atom is -0.392 e. The molecule has 0 bridgehead atoms. The lowest BCUT2D eigenvalue weighted by atomic mass is 9.81. The predicted molar refractivity (Wildman–Crippen MR) is 68.7 cm³/mol. The van der Waals surface area contributed by atoms with E-state index in [2.05, 4.69) is 5.32 Å². The monoisotopic (exact) mass is 242 g/mol. The zero-order valence-corrected chi connectivity index (χ0v) is 11.7. The van der Waals surface area contributed by atoms with Crippen LogP contribution in [0.25, 0.3) is 0 Å². The largest absolute Gasteiger partial charge is 0.392 e. The Bertz CT molecular complexity index is 282. The molecule has 0 aliphatic carbocycles. The van der Waals surface area contributed by atoms with Gasteiger partial charge in [-0.05, 0) is 27.2 Å². The number of carbonyl (C=O) groups is 1. The van der Waals surface area contributed by atoms with Gasteiger partial charge < -0.3 is 15.3 Å². The van der Waals surface area contributed by atoms with Crippen molar-refractivity contribution in [3.8, 4) is 0 Å². The minimum absolute atomic E-state index is 0.0412. The van der Waals surface area contributed by atoms with E-state index in [0.29, 0.717) is 26.1 Å². The number of nitrogens with one attached hydrogen (secondary N) is 1. The second-order valence-electron chi connectivity index (χ2n) is 6.71. The van der Waals surface area contributed by atoms with Crippen LogP contribution in [0, 0.1) is 5.41 Å². The first-order chi connectivity index (χ1) is 7.62. The second kappa shape index (κ2) is 4.94. The number of piperidine rings is 1. The van der Waals surface area contributed by atoms with Gasteiger partial charge in [0.2, 0.25) is 5.91 Å². The summed E-state index contributed by atoms with van der Waals surface area (Å²) in [6.45, 7) is 11.8. The van der Waals surface area contributed by atoms with Crippen molar-refractivity contribution in [2.45, 2.75) is 52.7 Å². The van der Waals surface area contributed by atoms with E-state index in [1.165, 1.54) is 0 Å². The molecule has 1 fully saturated rings. The maximum Gasteiger partial charge on any atom is 0.236 e. The molecule has 1 amide bonds. The van der Waals surface area contributed by atoms with Crippen molar-refractivity contribution < 1.29 is 9.90 Å². The van der Waals surface area contributed by atoms with Gasteiger partial charge >= 0.3 is 0 Å². The first-order valence-corrected chi connectivity index (χ1v) is 6.33. The third-order valence-electron chi connectivity index (χ3n) is 3.30. The molecule has 0 aromatic carbocycles. The number of likely N-dealkylation sites (tertiary alicyclic amines) is 1. The Morgan fingerprint density at radius 1 is 1.47 bits per heavy atom. The molecule has 4 heteroatoms.